The standard InChI is InChI=1S/C12H9N3OS/c13-8-1-3-9(4-2-8)16-12-11-10(5-6-17-11)14-7-15-12/h1-7H,13H2. The van der Waals surface area contributed by atoms with Crippen LogP contribution in [0.4, 0.5) is 5.69 Å². The van der Waals surface area contributed by atoms with Crippen molar-refractivity contribution < 1.29 is 4.74 Å². The molecule has 0 unspecified atom stereocenters. The maximum atomic E-state index is 5.71. The molecule has 2 aromatic heterocycles. The molecule has 2 N–H and O–H groups in total. The molecule has 0 amide bonds. The van der Waals surface area contributed by atoms with E-state index in [1.165, 1.54) is 6.33 Å². The van der Waals surface area contributed by atoms with Crippen molar-refractivity contribution in [1.29, 1.82) is 0 Å². The Morgan fingerprint density at radius 1 is 1.06 bits per heavy atom. The fraction of sp³-hybridized carbons (Fsp3) is 0. The van der Waals surface area contributed by atoms with Crippen LogP contribution in [0.2, 0.25) is 0 Å². The second-order valence-corrected chi connectivity index (χ2v) is 4.40. The predicted octanol–water partition coefficient (Wildman–Crippen LogP) is 3.07. The molecule has 5 heteroatoms. The average Bonchev–Trinajstić information content (AvgIpc) is 2.81. The van der Waals surface area contributed by atoms with E-state index in [-0.39, 0.29) is 0 Å². The van der Waals surface area contributed by atoms with E-state index in [0.29, 0.717) is 17.3 Å². The first-order valence-electron chi connectivity index (χ1n) is 5.04. The molecule has 4 nitrogen and oxygen atoms in total. The minimum Gasteiger partial charge on any atom is -0.437 e. The zero-order valence-electron chi connectivity index (χ0n) is 8.83. The second-order valence-electron chi connectivity index (χ2n) is 3.48. The normalized spacial score (nSPS) is 10.6. The van der Waals surface area contributed by atoms with Crippen LogP contribution in [-0.4, -0.2) is 9.97 Å². The number of anilines is 1. The molecule has 0 atom stereocenters. The molecule has 3 aromatic rings. The number of nitrogens with zero attached hydrogens (tertiary/aromatic N) is 2. The van der Waals surface area contributed by atoms with E-state index in [4.69, 9.17) is 10.5 Å². The fourth-order valence-electron chi connectivity index (χ4n) is 1.49. The van der Waals surface area contributed by atoms with Crippen molar-refractivity contribution in [1.82, 2.24) is 9.97 Å². The van der Waals surface area contributed by atoms with Crippen molar-refractivity contribution in [3.63, 3.8) is 0 Å². The summed E-state index contributed by atoms with van der Waals surface area (Å²) < 4.78 is 6.66. The summed E-state index contributed by atoms with van der Waals surface area (Å²) in [7, 11) is 0. The molecule has 0 radical (unpaired) electrons. The molecule has 0 fully saturated rings. The maximum Gasteiger partial charge on any atom is 0.240 e. The summed E-state index contributed by atoms with van der Waals surface area (Å²) >= 11 is 1.56. The first-order valence-corrected chi connectivity index (χ1v) is 5.92. The highest BCUT2D eigenvalue weighted by molar-refractivity contribution is 7.17. The van der Waals surface area contributed by atoms with Gasteiger partial charge in [-0.1, -0.05) is 0 Å². The highest BCUT2D eigenvalue weighted by Gasteiger charge is 2.06. The molecule has 0 aliphatic rings. The Labute approximate surface area is 102 Å². The Hall–Kier alpha value is -2.14. The van der Waals surface area contributed by atoms with Crippen LogP contribution >= 0.6 is 11.3 Å². The zero-order valence-corrected chi connectivity index (χ0v) is 9.65. The van der Waals surface area contributed by atoms with Crippen molar-refractivity contribution in [2.75, 3.05) is 5.73 Å². The van der Waals surface area contributed by atoms with Crippen LogP contribution in [0.3, 0.4) is 0 Å². The maximum absolute atomic E-state index is 5.71. The van der Waals surface area contributed by atoms with Crippen LogP contribution in [0.5, 0.6) is 11.6 Å². The molecule has 0 spiro atoms. The van der Waals surface area contributed by atoms with Crippen LogP contribution in [0.15, 0.2) is 42.0 Å². The summed E-state index contributed by atoms with van der Waals surface area (Å²) in [6.07, 6.45) is 1.50. The highest BCUT2D eigenvalue weighted by Crippen LogP contribution is 2.30. The molecule has 0 aliphatic heterocycles. The Balaban J connectivity index is 1.99. The summed E-state index contributed by atoms with van der Waals surface area (Å²) in [6, 6.07) is 9.16. The first kappa shape index (κ1) is 10.0. The summed E-state index contributed by atoms with van der Waals surface area (Å²) in [5.74, 6) is 1.29. The van der Waals surface area contributed by atoms with Crippen molar-refractivity contribution in [2.45, 2.75) is 0 Å². The van der Waals surface area contributed by atoms with Crippen molar-refractivity contribution in [3.8, 4) is 11.6 Å². The SMILES string of the molecule is Nc1ccc(Oc2ncnc3ccsc23)cc1. The van der Waals surface area contributed by atoms with Gasteiger partial charge < -0.3 is 10.5 Å². The molecule has 0 saturated carbocycles. The van der Waals surface area contributed by atoms with Crippen LogP contribution in [0.1, 0.15) is 0 Å². The largest absolute Gasteiger partial charge is 0.437 e. The molecular weight excluding hydrogens is 234 g/mol. The molecule has 0 aliphatic carbocycles. The summed E-state index contributed by atoms with van der Waals surface area (Å²) in [5.41, 5.74) is 7.22. The van der Waals surface area contributed by atoms with Gasteiger partial charge in [-0.2, -0.15) is 0 Å². The third kappa shape index (κ3) is 1.92. The van der Waals surface area contributed by atoms with Gasteiger partial charge in [0.2, 0.25) is 5.88 Å². The van der Waals surface area contributed by atoms with E-state index in [2.05, 4.69) is 9.97 Å². The molecule has 84 valence electrons. The van der Waals surface area contributed by atoms with Gasteiger partial charge in [-0.25, -0.2) is 9.97 Å². The lowest BCUT2D eigenvalue weighted by Crippen LogP contribution is -1.90. The Morgan fingerprint density at radius 3 is 2.71 bits per heavy atom. The van der Waals surface area contributed by atoms with Gasteiger partial charge in [-0.3, -0.25) is 0 Å². The molecule has 0 bridgehead atoms. The molecular formula is C12H9N3OS. The van der Waals surface area contributed by atoms with Gasteiger partial charge in [0.15, 0.2) is 0 Å². The van der Waals surface area contributed by atoms with Crippen molar-refractivity contribution >= 4 is 27.2 Å². The highest BCUT2D eigenvalue weighted by atomic mass is 32.1. The summed E-state index contributed by atoms with van der Waals surface area (Å²) in [5, 5.41) is 1.97. The minimum absolute atomic E-state index is 0.578. The van der Waals surface area contributed by atoms with Gasteiger partial charge in [-0.15, -0.1) is 11.3 Å². The van der Waals surface area contributed by atoms with Crippen LogP contribution < -0.4 is 10.5 Å². The Morgan fingerprint density at radius 2 is 1.88 bits per heavy atom. The second kappa shape index (κ2) is 4.03. The van der Waals surface area contributed by atoms with Crippen molar-refractivity contribution in [2.24, 2.45) is 0 Å². The smallest absolute Gasteiger partial charge is 0.240 e. The number of hydrogen-bond donors (Lipinski definition) is 1. The van der Waals surface area contributed by atoms with E-state index in [0.717, 1.165) is 10.2 Å². The monoisotopic (exact) mass is 243 g/mol. The molecule has 1 aromatic carbocycles. The van der Waals surface area contributed by atoms with E-state index in [9.17, 15) is 0 Å². The quantitative estimate of drug-likeness (QED) is 0.703. The topological polar surface area (TPSA) is 61.0 Å². The number of thiophene rings is 1. The lowest BCUT2D eigenvalue weighted by molar-refractivity contribution is 0.469. The zero-order chi connectivity index (χ0) is 11.7. The third-order valence-electron chi connectivity index (χ3n) is 2.31. The lowest BCUT2D eigenvalue weighted by Gasteiger charge is -2.05. The van der Waals surface area contributed by atoms with E-state index in [1.807, 2.05) is 23.6 Å². The number of rotatable bonds is 2. The van der Waals surface area contributed by atoms with Gasteiger partial charge in [0.25, 0.3) is 0 Å². The number of ether oxygens (including phenoxy) is 1. The van der Waals surface area contributed by atoms with Crippen LogP contribution in [0.25, 0.3) is 10.2 Å². The molecule has 17 heavy (non-hydrogen) atoms. The predicted molar refractivity (Wildman–Crippen MR) is 68.3 cm³/mol. The first-order chi connectivity index (χ1) is 8.33. The summed E-state index contributed by atoms with van der Waals surface area (Å²) in [4.78, 5) is 8.30. The number of nitrogen functional groups attached to an aromatic ring is 1. The molecule has 3 rings (SSSR count). The molecule has 0 saturated heterocycles. The summed E-state index contributed by atoms with van der Waals surface area (Å²) in [6.45, 7) is 0. The number of hydrogen-bond acceptors (Lipinski definition) is 5. The van der Waals surface area contributed by atoms with Gasteiger partial charge in [0.1, 0.15) is 16.8 Å². The van der Waals surface area contributed by atoms with Gasteiger partial charge in [0, 0.05) is 5.69 Å². The fourth-order valence-corrected chi connectivity index (χ4v) is 2.26. The Bertz CT molecular complexity index is 648. The van der Waals surface area contributed by atoms with E-state index < -0.39 is 0 Å². The van der Waals surface area contributed by atoms with Crippen molar-refractivity contribution in [3.05, 3.63) is 42.0 Å². The van der Waals surface area contributed by atoms with Gasteiger partial charge in [-0.05, 0) is 35.7 Å². The van der Waals surface area contributed by atoms with E-state index in [1.54, 1.807) is 23.5 Å². The van der Waals surface area contributed by atoms with Gasteiger partial charge >= 0.3 is 0 Å². The van der Waals surface area contributed by atoms with Crippen LogP contribution in [0, 0.1) is 0 Å². The Kier molecular flexibility index (Phi) is 2.38. The lowest BCUT2D eigenvalue weighted by atomic mass is 10.3. The number of fused-ring (bicyclic) bond motifs is 1. The number of aromatic nitrogens is 2. The van der Waals surface area contributed by atoms with Gasteiger partial charge in [0.05, 0.1) is 5.52 Å². The number of nitrogens with two attached hydrogens (primary N) is 1. The third-order valence-corrected chi connectivity index (χ3v) is 3.20. The van der Waals surface area contributed by atoms with Crippen LogP contribution in [-0.2, 0) is 0 Å². The van der Waals surface area contributed by atoms with E-state index >= 15 is 0 Å². The minimum atomic E-state index is 0.578. The average molecular weight is 243 g/mol. The molecule has 2 heterocycles. The number of benzene rings is 1.